The summed E-state index contributed by atoms with van der Waals surface area (Å²) in [4.78, 5) is 9.96. The lowest BCUT2D eigenvalue weighted by Gasteiger charge is -2.28. The van der Waals surface area contributed by atoms with Crippen molar-refractivity contribution < 1.29 is 32.5 Å². The number of hydrogen-bond donors (Lipinski definition) is 1. The van der Waals surface area contributed by atoms with Crippen molar-refractivity contribution in [1.82, 2.24) is 0 Å². The van der Waals surface area contributed by atoms with Gasteiger partial charge in [-0.3, -0.25) is 9.05 Å². The maximum absolute atomic E-state index is 12.2. The molecule has 218 valence electrons. The van der Waals surface area contributed by atoms with Crippen LogP contribution in [0, 0.1) is 0 Å². The molecule has 0 saturated carbocycles. The van der Waals surface area contributed by atoms with E-state index in [2.05, 4.69) is 6.92 Å². The molecule has 0 spiro atoms. The van der Waals surface area contributed by atoms with Crippen LogP contribution >= 0.6 is 7.82 Å². The topological polar surface area (TPSA) is 74.2 Å². The van der Waals surface area contributed by atoms with Gasteiger partial charge >= 0.3 is 7.82 Å². The smallest absolute Gasteiger partial charge is 0.379 e. The molecule has 0 fully saturated rings. The summed E-state index contributed by atoms with van der Waals surface area (Å²) >= 11 is 0. The molecule has 8 heteroatoms. The van der Waals surface area contributed by atoms with Gasteiger partial charge in [0, 0.05) is 13.7 Å². The Morgan fingerprint density at radius 3 is 1.61 bits per heavy atom. The Bertz CT molecular complexity index is 529. The number of hydrogen-bond acceptors (Lipinski definition) is 5. The molecule has 0 saturated heterocycles. The fraction of sp³-hybridized carbons (Fsp3) is 1.00. The first kappa shape index (κ1) is 36.0. The second-order valence-corrected chi connectivity index (χ2v) is 12.8. The molecule has 0 heterocycles. The molecule has 0 rings (SSSR count). The van der Waals surface area contributed by atoms with Crippen LogP contribution in [0.1, 0.15) is 117 Å². The van der Waals surface area contributed by atoms with E-state index >= 15 is 0 Å². The average molecular weight is 539 g/mol. The van der Waals surface area contributed by atoms with Crippen molar-refractivity contribution in [3.8, 4) is 0 Å². The number of likely N-dealkylation sites (N-methyl/N-ethyl adjacent to an activating group) is 1. The first-order chi connectivity index (χ1) is 17.1. The van der Waals surface area contributed by atoms with Gasteiger partial charge in [0.2, 0.25) is 0 Å². The number of nitrogens with zero attached hydrogens (tertiary/aromatic N) is 1. The minimum Gasteiger partial charge on any atom is -0.379 e. The van der Waals surface area contributed by atoms with Crippen LogP contribution in [0.15, 0.2) is 0 Å². The summed E-state index contributed by atoms with van der Waals surface area (Å²) in [5.41, 5.74) is 0. The summed E-state index contributed by atoms with van der Waals surface area (Å²) in [5.74, 6) is 0. The van der Waals surface area contributed by atoms with Crippen LogP contribution in [0.5, 0.6) is 0 Å². The summed E-state index contributed by atoms with van der Waals surface area (Å²) in [5, 5.41) is 0. The van der Waals surface area contributed by atoms with E-state index < -0.39 is 20.0 Å². The number of quaternary nitrogens is 1. The van der Waals surface area contributed by atoms with Gasteiger partial charge in [-0.1, -0.05) is 103 Å². The van der Waals surface area contributed by atoms with Crippen LogP contribution in [0.4, 0.5) is 0 Å². The van der Waals surface area contributed by atoms with Crippen LogP contribution in [0.25, 0.3) is 0 Å². The molecule has 0 aliphatic rings. The zero-order chi connectivity index (χ0) is 27.1. The van der Waals surface area contributed by atoms with E-state index in [9.17, 15) is 9.46 Å². The third-order valence-corrected chi connectivity index (χ3v) is 7.42. The van der Waals surface area contributed by atoms with Gasteiger partial charge in [-0.05, 0) is 13.3 Å². The van der Waals surface area contributed by atoms with Gasteiger partial charge in [0.15, 0.2) is 0 Å². The van der Waals surface area contributed by atoms with Crippen LogP contribution in [0.2, 0.25) is 0 Å². The first-order valence-electron chi connectivity index (χ1n) is 14.7. The molecular formula is C28H61NO6P+. The minimum absolute atomic E-state index is 0.0413. The number of unbranched alkanes of at least 4 members (excludes halogenated alkanes) is 15. The van der Waals surface area contributed by atoms with E-state index in [0.717, 1.165) is 6.42 Å². The van der Waals surface area contributed by atoms with Crippen molar-refractivity contribution in [2.45, 2.75) is 129 Å². The minimum atomic E-state index is -4.13. The van der Waals surface area contributed by atoms with Crippen molar-refractivity contribution in [3.63, 3.8) is 0 Å². The van der Waals surface area contributed by atoms with Gasteiger partial charge in [0.25, 0.3) is 0 Å². The van der Waals surface area contributed by atoms with E-state index in [0.29, 0.717) is 24.2 Å². The van der Waals surface area contributed by atoms with Crippen molar-refractivity contribution >= 4 is 7.82 Å². The van der Waals surface area contributed by atoms with Crippen molar-refractivity contribution in [2.24, 2.45) is 0 Å². The molecule has 1 N–H and O–H groups in total. The van der Waals surface area contributed by atoms with Gasteiger partial charge in [-0.2, -0.15) is 0 Å². The second kappa shape index (κ2) is 22.9. The highest BCUT2D eigenvalue weighted by atomic mass is 31.2. The lowest BCUT2D eigenvalue weighted by atomic mass is 10.0. The zero-order valence-electron chi connectivity index (χ0n) is 24.7. The van der Waals surface area contributed by atoms with Gasteiger partial charge in [0.05, 0.1) is 34.4 Å². The molecule has 2 unspecified atom stereocenters. The summed E-state index contributed by atoms with van der Waals surface area (Å²) in [7, 11) is 3.43. The summed E-state index contributed by atoms with van der Waals surface area (Å²) < 4.78 is 34.2. The lowest BCUT2D eigenvalue weighted by Crippen LogP contribution is -2.41. The molecule has 0 aliphatic heterocycles. The largest absolute Gasteiger partial charge is 0.472 e. The summed E-state index contributed by atoms with van der Waals surface area (Å²) in [6, 6.07) is 0. The van der Waals surface area contributed by atoms with E-state index in [1.54, 1.807) is 14.0 Å². The van der Waals surface area contributed by atoms with Crippen molar-refractivity contribution in [1.29, 1.82) is 0 Å². The standard InChI is InChI=1S/C28H60NO6P/c1-7-8-9-10-11-12-13-14-15-16-17-18-19-20-21-22-23-33-25-28(32-6)26-34-36(30,31)35-27(2)24-29(3,4)5/h27-28H,7-26H2,1-6H3/p+1/t27-,28?/m1/s1. The molecule has 0 amide bonds. The monoisotopic (exact) mass is 538 g/mol. The zero-order valence-corrected chi connectivity index (χ0v) is 25.6. The van der Waals surface area contributed by atoms with Crippen LogP contribution in [0.3, 0.4) is 0 Å². The van der Waals surface area contributed by atoms with Gasteiger partial charge in [0.1, 0.15) is 18.8 Å². The van der Waals surface area contributed by atoms with Gasteiger partial charge < -0.3 is 18.9 Å². The maximum atomic E-state index is 12.2. The third kappa shape index (κ3) is 25.6. The number of rotatable bonds is 27. The van der Waals surface area contributed by atoms with Crippen LogP contribution in [-0.2, 0) is 23.1 Å². The van der Waals surface area contributed by atoms with Crippen molar-refractivity contribution in [3.05, 3.63) is 0 Å². The molecule has 7 nitrogen and oxygen atoms in total. The fourth-order valence-corrected chi connectivity index (χ4v) is 5.33. The number of ether oxygens (including phenoxy) is 2. The molecule has 36 heavy (non-hydrogen) atoms. The Hall–Kier alpha value is -0.0100. The SMILES string of the molecule is CCCCCCCCCCCCCCCCCCOCC(COP(=O)(O)O[C@H](C)C[N+](C)(C)C)OC. The molecule has 0 aromatic rings. The second-order valence-electron chi connectivity index (χ2n) is 11.4. The Kier molecular flexibility index (Phi) is 22.9. The normalized spacial score (nSPS) is 15.6. The number of methoxy groups -OCH3 is 1. The Morgan fingerprint density at radius 1 is 0.750 bits per heavy atom. The Morgan fingerprint density at radius 2 is 1.19 bits per heavy atom. The summed E-state index contributed by atoms with van der Waals surface area (Å²) in [6.07, 6.45) is 20.8. The first-order valence-corrected chi connectivity index (χ1v) is 16.2. The van der Waals surface area contributed by atoms with E-state index in [1.165, 1.54) is 96.3 Å². The molecule has 0 bridgehead atoms. The highest BCUT2D eigenvalue weighted by Gasteiger charge is 2.28. The quantitative estimate of drug-likeness (QED) is 0.0663. The van der Waals surface area contributed by atoms with Crippen LogP contribution in [-0.4, -0.2) is 76.2 Å². The Labute approximate surface area is 223 Å². The molecule has 0 radical (unpaired) electrons. The van der Waals surface area contributed by atoms with E-state index in [1.807, 2.05) is 21.1 Å². The fourth-order valence-electron chi connectivity index (χ4n) is 4.39. The average Bonchev–Trinajstić information content (AvgIpc) is 2.78. The molecule has 3 atom stereocenters. The number of phosphoric acid groups is 1. The van der Waals surface area contributed by atoms with Crippen molar-refractivity contribution in [2.75, 3.05) is 54.6 Å². The van der Waals surface area contributed by atoms with Crippen LogP contribution < -0.4 is 0 Å². The highest BCUT2D eigenvalue weighted by Crippen LogP contribution is 2.44. The van der Waals surface area contributed by atoms with E-state index in [-0.39, 0.29) is 6.61 Å². The third-order valence-electron chi connectivity index (χ3n) is 6.32. The summed E-state index contributed by atoms with van der Waals surface area (Å²) in [6.45, 7) is 5.61. The Balaban J connectivity index is 3.57. The molecular weight excluding hydrogens is 477 g/mol. The predicted octanol–water partition coefficient (Wildman–Crippen LogP) is 7.51. The van der Waals surface area contributed by atoms with E-state index in [4.69, 9.17) is 18.5 Å². The van der Waals surface area contributed by atoms with Gasteiger partial charge in [-0.15, -0.1) is 0 Å². The molecule has 0 aromatic carbocycles. The highest BCUT2D eigenvalue weighted by molar-refractivity contribution is 7.47. The predicted molar refractivity (Wildman–Crippen MR) is 150 cm³/mol. The lowest BCUT2D eigenvalue weighted by molar-refractivity contribution is -0.873. The maximum Gasteiger partial charge on any atom is 0.472 e. The molecule has 0 aliphatic carbocycles. The molecule has 0 aromatic heterocycles. The van der Waals surface area contributed by atoms with Gasteiger partial charge in [-0.25, -0.2) is 4.57 Å². The number of phosphoric ester groups is 1.